The highest BCUT2D eigenvalue weighted by atomic mass is 16.5. The third-order valence-corrected chi connectivity index (χ3v) is 4.24. The zero-order valence-electron chi connectivity index (χ0n) is 17.3. The van der Waals surface area contributed by atoms with Gasteiger partial charge >= 0.3 is 0 Å². The zero-order valence-corrected chi connectivity index (χ0v) is 17.3. The van der Waals surface area contributed by atoms with E-state index < -0.39 is 5.91 Å². The predicted molar refractivity (Wildman–Crippen MR) is 110 cm³/mol. The van der Waals surface area contributed by atoms with Gasteiger partial charge in [0.05, 0.1) is 27.2 Å². The molecule has 7 heteroatoms. The van der Waals surface area contributed by atoms with Crippen molar-refractivity contribution >= 4 is 11.8 Å². The van der Waals surface area contributed by atoms with Crippen molar-refractivity contribution in [2.24, 2.45) is 5.92 Å². The van der Waals surface area contributed by atoms with Crippen molar-refractivity contribution in [3.63, 3.8) is 0 Å². The van der Waals surface area contributed by atoms with Crippen molar-refractivity contribution in [2.75, 3.05) is 20.8 Å². The molecule has 0 saturated carbocycles. The summed E-state index contributed by atoms with van der Waals surface area (Å²) >= 11 is 0. The minimum absolute atomic E-state index is 0.0796. The van der Waals surface area contributed by atoms with Crippen LogP contribution in [-0.4, -0.2) is 32.6 Å². The lowest BCUT2D eigenvalue weighted by Gasteiger charge is -2.13. The molecule has 2 amide bonds. The third-order valence-electron chi connectivity index (χ3n) is 4.24. The number of para-hydroxylation sites is 1. The molecule has 0 radical (unpaired) electrons. The Morgan fingerprint density at radius 2 is 1.66 bits per heavy atom. The van der Waals surface area contributed by atoms with Crippen LogP contribution < -0.4 is 25.1 Å². The molecule has 2 rings (SSSR count). The van der Waals surface area contributed by atoms with Crippen LogP contribution in [0, 0.1) is 5.92 Å². The van der Waals surface area contributed by atoms with Crippen LogP contribution in [-0.2, 0) is 11.2 Å². The second-order valence-corrected chi connectivity index (χ2v) is 6.89. The molecule has 0 fully saturated rings. The first-order valence-electron chi connectivity index (χ1n) is 9.46. The minimum atomic E-state index is -0.453. The van der Waals surface area contributed by atoms with Crippen LogP contribution in [0.1, 0.15) is 36.2 Å². The second-order valence-electron chi connectivity index (χ2n) is 6.89. The molecule has 0 unspecified atom stereocenters. The molecular formula is C22H28N2O5. The Morgan fingerprint density at radius 1 is 0.931 bits per heavy atom. The number of ether oxygens (including phenoxy) is 3. The average Bonchev–Trinajstić information content (AvgIpc) is 2.72. The molecule has 2 aromatic rings. The highest BCUT2D eigenvalue weighted by Gasteiger charge is 2.13. The number of methoxy groups -OCH3 is 2. The smallest absolute Gasteiger partial charge is 0.269 e. The Hall–Kier alpha value is -3.22. The maximum Gasteiger partial charge on any atom is 0.269 e. The van der Waals surface area contributed by atoms with E-state index in [1.54, 1.807) is 37.4 Å². The lowest BCUT2D eigenvalue weighted by molar-refractivity contribution is -0.121. The van der Waals surface area contributed by atoms with Gasteiger partial charge in [-0.1, -0.05) is 32.0 Å². The van der Waals surface area contributed by atoms with Crippen LogP contribution in [0.2, 0.25) is 0 Å². The van der Waals surface area contributed by atoms with Gasteiger partial charge < -0.3 is 14.2 Å². The van der Waals surface area contributed by atoms with Crippen molar-refractivity contribution < 1.29 is 23.8 Å². The summed E-state index contributed by atoms with van der Waals surface area (Å²) < 4.78 is 16.3. The average molecular weight is 400 g/mol. The maximum absolute atomic E-state index is 12.4. The standard InChI is InChI=1S/C22H28N2O5/c1-15(2)11-12-29-19-10-9-17(13-20(19)28-4)22(26)24-23-21(25)14-16-7-5-6-8-18(16)27-3/h5-10,13,15H,11-12,14H2,1-4H3,(H,23,25)(H,24,26). The van der Waals surface area contributed by atoms with Crippen molar-refractivity contribution in [2.45, 2.75) is 26.7 Å². The molecule has 0 aliphatic heterocycles. The molecule has 29 heavy (non-hydrogen) atoms. The summed E-state index contributed by atoms with van der Waals surface area (Å²) in [5, 5.41) is 0. The summed E-state index contributed by atoms with van der Waals surface area (Å²) in [7, 11) is 3.06. The van der Waals surface area contributed by atoms with Crippen LogP contribution in [0.4, 0.5) is 0 Å². The number of hydrazine groups is 1. The molecule has 0 bridgehead atoms. The molecular weight excluding hydrogens is 372 g/mol. The van der Waals surface area contributed by atoms with Crippen molar-refractivity contribution in [3.8, 4) is 17.2 Å². The van der Waals surface area contributed by atoms with Gasteiger partial charge in [0.15, 0.2) is 11.5 Å². The second kappa shape index (κ2) is 10.9. The number of benzene rings is 2. The molecule has 0 atom stereocenters. The Balaban J connectivity index is 1.93. The number of carbonyl (C=O) groups excluding carboxylic acids is 2. The molecule has 156 valence electrons. The topological polar surface area (TPSA) is 85.9 Å². The predicted octanol–water partition coefficient (Wildman–Crippen LogP) is 3.13. The Bertz CT molecular complexity index is 836. The van der Waals surface area contributed by atoms with Gasteiger partial charge in [-0.3, -0.25) is 20.4 Å². The summed E-state index contributed by atoms with van der Waals surface area (Å²) in [4.78, 5) is 24.5. The lowest BCUT2D eigenvalue weighted by atomic mass is 10.1. The van der Waals surface area contributed by atoms with Crippen LogP contribution >= 0.6 is 0 Å². The molecule has 0 saturated heterocycles. The summed E-state index contributed by atoms with van der Waals surface area (Å²) in [6, 6.07) is 12.1. The highest BCUT2D eigenvalue weighted by molar-refractivity contribution is 5.96. The molecule has 0 aliphatic rings. The van der Waals surface area contributed by atoms with E-state index in [1.807, 2.05) is 12.1 Å². The van der Waals surface area contributed by atoms with Gasteiger partial charge in [-0.15, -0.1) is 0 Å². The SMILES string of the molecule is COc1ccccc1CC(=O)NNC(=O)c1ccc(OCCC(C)C)c(OC)c1. The Labute approximate surface area is 171 Å². The summed E-state index contributed by atoms with van der Waals surface area (Å²) in [5.74, 6) is 1.37. The number of carbonyl (C=O) groups is 2. The molecule has 0 spiro atoms. The first kappa shape index (κ1) is 22.1. The zero-order chi connectivity index (χ0) is 21.2. The first-order valence-corrected chi connectivity index (χ1v) is 9.46. The minimum Gasteiger partial charge on any atom is -0.496 e. The molecule has 2 N–H and O–H groups in total. The van der Waals surface area contributed by atoms with Gasteiger partial charge in [0.2, 0.25) is 5.91 Å². The van der Waals surface area contributed by atoms with Gasteiger partial charge in [-0.2, -0.15) is 0 Å². The highest BCUT2D eigenvalue weighted by Crippen LogP contribution is 2.28. The summed E-state index contributed by atoms with van der Waals surface area (Å²) in [5.41, 5.74) is 5.89. The molecule has 0 aromatic heterocycles. The van der Waals surface area contributed by atoms with Crippen LogP contribution in [0.25, 0.3) is 0 Å². The summed E-state index contributed by atoms with van der Waals surface area (Å²) in [6.07, 6.45) is 1.000. The monoisotopic (exact) mass is 400 g/mol. The van der Waals surface area contributed by atoms with E-state index in [1.165, 1.54) is 7.11 Å². The van der Waals surface area contributed by atoms with E-state index in [2.05, 4.69) is 24.7 Å². The van der Waals surface area contributed by atoms with Crippen LogP contribution in [0.15, 0.2) is 42.5 Å². The molecule has 0 heterocycles. The number of nitrogens with one attached hydrogen (secondary N) is 2. The summed E-state index contributed by atoms with van der Waals surface area (Å²) in [6.45, 7) is 4.81. The number of rotatable bonds is 9. The number of hydrogen-bond donors (Lipinski definition) is 2. The van der Waals surface area contributed by atoms with Gasteiger partial charge in [0.1, 0.15) is 5.75 Å². The normalized spacial score (nSPS) is 10.4. The molecule has 0 aliphatic carbocycles. The van der Waals surface area contributed by atoms with Gasteiger partial charge in [0.25, 0.3) is 5.91 Å². The number of hydrogen-bond acceptors (Lipinski definition) is 5. The maximum atomic E-state index is 12.4. The van der Waals surface area contributed by atoms with Crippen molar-refractivity contribution in [3.05, 3.63) is 53.6 Å². The number of amides is 2. The van der Waals surface area contributed by atoms with Crippen molar-refractivity contribution in [1.29, 1.82) is 0 Å². The fourth-order valence-corrected chi connectivity index (χ4v) is 2.60. The van der Waals surface area contributed by atoms with E-state index in [9.17, 15) is 9.59 Å². The van der Waals surface area contributed by atoms with Crippen LogP contribution in [0.5, 0.6) is 17.2 Å². The molecule has 2 aromatic carbocycles. The van der Waals surface area contributed by atoms with Crippen molar-refractivity contribution in [1.82, 2.24) is 10.9 Å². The third kappa shape index (κ3) is 6.71. The van der Waals surface area contributed by atoms with E-state index in [4.69, 9.17) is 14.2 Å². The quantitative estimate of drug-likeness (QED) is 0.632. The van der Waals surface area contributed by atoms with Gasteiger partial charge in [-0.05, 0) is 36.6 Å². The van der Waals surface area contributed by atoms with E-state index in [0.717, 1.165) is 12.0 Å². The van der Waals surface area contributed by atoms with Gasteiger partial charge in [-0.25, -0.2) is 0 Å². The lowest BCUT2D eigenvalue weighted by Crippen LogP contribution is -2.42. The molecule has 7 nitrogen and oxygen atoms in total. The van der Waals surface area contributed by atoms with E-state index in [0.29, 0.717) is 35.3 Å². The Kier molecular flexibility index (Phi) is 8.33. The van der Waals surface area contributed by atoms with Crippen LogP contribution in [0.3, 0.4) is 0 Å². The fraction of sp³-hybridized carbons (Fsp3) is 0.364. The van der Waals surface area contributed by atoms with E-state index >= 15 is 0 Å². The Morgan fingerprint density at radius 3 is 2.34 bits per heavy atom. The van der Waals surface area contributed by atoms with Gasteiger partial charge in [0, 0.05) is 11.1 Å². The fourth-order valence-electron chi connectivity index (χ4n) is 2.60. The largest absolute Gasteiger partial charge is 0.496 e. The first-order chi connectivity index (χ1) is 13.9. The van der Waals surface area contributed by atoms with E-state index in [-0.39, 0.29) is 12.3 Å².